The lowest BCUT2D eigenvalue weighted by molar-refractivity contribution is -0.152. The monoisotopic (exact) mass is 241 g/mol. The van der Waals surface area contributed by atoms with Crippen LogP contribution in [0.2, 0.25) is 0 Å². The van der Waals surface area contributed by atoms with Crippen molar-refractivity contribution in [1.29, 1.82) is 0 Å². The largest absolute Gasteiger partial charge is 0.467 e. The normalized spacial score (nSPS) is 36.5. The van der Waals surface area contributed by atoms with E-state index in [4.69, 9.17) is 4.74 Å². The molecule has 1 saturated carbocycles. The van der Waals surface area contributed by atoms with Crippen molar-refractivity contribution in [2.45, 2.75) is 50.8 Å². The van der Waals surface area contributed by atoms with E-state index >= 15 is 0 Å². The predicted octanol–water partition coefficient (Wildman–Crippen LogP) is 0.310. The Morgan fingerprint density at radius 3 is 2.59 bits per heavy atom. The van der Waals surface area contributed by atoms with Crippen LogP contribution >= 0.6 is 0 Å². The van der Waals surface area contributed by atoms with E-state index in [0.29, 0.717) is 18.8 Å². The van der Waals surface area contributed by atoms with E-state index in [1.165, 1.54) is 14.0 Å². The minimum absolute atomic E-state index is 0.000324. The standard InChI is InChI=1S/C12H19NO4/c1-7(14)13-10-6-9(15)4-3-8(10)5-11(13)12(16)17-2/h8-11,15H,3-6H2,1-2H3/t8-,9+,10-,11-/m0/s1. The summed E-state index contributed by atoms with van der Waals surface area (Å²) in [6, 6.07) is -0.460. The van der Waals surface area contributed by atoms with Crippen LogP contribution in [0.1, 0.15) is 32.6 Å². The Hall–Kier alpha value is -1.10. The molecule has 1 aliphatic heterocycles. The molecule has 5 nitrogen and oxygen atoms in total. The van der Waals surface area contributed by atoms with Gasteiger partial charge in [0.15, 0.2) is 0 Å². The smallest absolute Gasteiger partial charge is 0.328 e. The van der Waals surface area contributed by atoms with Crippen LogP contribution in [0.25, 0.3) is 0 Å². The molecule has 96 valence electrons. The summed E-state index contributed by atoms with van der Waals surface area (Å²) in [6.45, 7) is 1.47. The molecule has 1 heterocycles. The van der Waals surface area contributed by atoms with Crippen molar-refractivity contribution in [3.8, 4) is 0 Å². The summed E-state index contributed by atoms with van der Waals surface area (Å²) < 4.78 is 4.75. The van der Waals surface area contributed by atoms with Gasteiger partial charge in [0, 0.05) is 13.0 Å². The Morgan fingerprint density at radius 1 is 1.29 bits per heavy atom. The molecule has 0 aromatic heterocycles. The Labute approximate surface area is 101 Å². The number of nitrogens with zero attached hydrogens (tertiary/aromatic N) is 1. The van der Waals surface area contributed by atoms with E-state index in [9.17, 15) is 14.7 Å². The lowest BCUT2D eigenvalue weighted by Crippen LogP contribution is -2.47. The first kappa shape index (κ1) is 12.4. The van der Waals surface area contributed by atoms with Gasteiger partial charge in [-0.15, -0.1) is 0 Å². The second-order valence-electron chi connectivity index (χ2n) is 5.00. The molecule has 0 aromatic carbocycles. The lowest BCUT2D eigenvalue weighted by Gasteiger charge is -2.34. The summed E-state index contributed by atoms with van der Waals surface area (Å²) in [7, 11) is 1.34. The molecule has 5 heteroatoms. The molecule has 4 atom stereocenters. The molecular weight excluding hydrogens is 222 g/mol. The van der Waals surface area contributed by atoms with Gasteiger partial charge in [-0.2, -0.15) is 0 Å². The van der Waals surface area contributed by atoms with Crippen molar-refractivity contribution in [3.63, 3.8) is 0 Å². The van der Waals surface area contributed by atoms with Crippen LogP contribution in [-0.2, 0) is 14.3 Å². The summed E-state index contributed by atoms with van der Waals surface area (Å²) in [5.41, 5.74) is 0. The van der Waals surface area contributed by atoms with Gasteiger partial charge in [0.1, 0.15) is 6.04 Å². The molecule has 0 unspecified atom stereocenters. The number of rotatable bonds is 1. The summed E-state index contributed by atoms with van der Waals surface area (Å²) >= 11 is 0. The van der Waals surface area contributed by atoms with Crippen molar-refractivity contribution in [2.75, 3.05) is 7.11 Å². The van der Waals surface area contributed by atoms with Gasteiger partial charge < -0.3 is 14.7 Å². The maximum Gasteiger partial charge on any atom is 0.328 e. The van der Waals surface area contributed by atoms with Crippen LogP contribution in [-0.4, -0.2) is 47.2 Å². The van der Waals surface area contributed by atoms with Crippen molar-refractivity contribution < 1.29 is 19.4 Å². The summed E-state index contributed by atoms with van der Waals surface area (Å²) in [5, 5.41) is 9.68. The number of hydrogen-bond donors (Lipinski definition) is 1. The maximum atomic E-state index is 11.7. The molecule has 0 bridgehead atoms. The molecule has 17 heavy (non-hydrogen) atoms. The van der Waals surface area contributed by atoms with Crippen LogP contribution in [0, 0.1) is 5.92 Å². The maximum absolute atomic E-state index is 11.7. The van der Waals surface area contributed by atoms with Crippen LogP contribution < -0.4 is 0 Å². The summed E-state index contributed by atoms with van der Waals surface area (Å²) in [4.78, 5) is 25.0. The van der Waals surface area contributed by atoms with E-state index in [0.717, 1.165) is 12.8 Å². The molecule has 2 fully saturated rings. The van der Waals surface area contributed by atoms with Crippen molar-refractivity contribution in [2.24, 2.45) is 5.92 Å². The molecule has 1 aliphatic carbocycles. The summed E-state index contributed by atoms with van der Waals surface area (Å²) in [5.74, 6) is -0.127. The molecule has 0 radical (unpaired) electrons. The van der Waals surface area contributed by atoms with Crippen molar-refractivity contribution in [3.05, 3.63) is 0 Å². The number of likely N-dealkylation sites (tertiary alicyclic amines) is 1. The average Bonchev–Trinajstić information content (AvgIpc) is 2.66. The number of aliphatic hydroxyl groups excluding tert-OH is 1. The molecule has 2 aliphatic rings. The molecule has 0 aromatic rings. The number of carbonyl (C=O) groups is 2. The van der Waals surface area contributed by atoms with E-state index in [1.807, 2.05) is 0 Å². The predicted molar refractivity (Wildman–Crippen MR) is 60.1 cm³/mol. The third kappa shape index (κ3) is 2.16. The number of amides is 1. The fourth-order valence-corrected chi connectivity index (χ4v) is 3.23. The molecule has 1 amide bonds. The highest BCUT2D eigenvalue weighted by Crippen LogP contribution is 2.40. The minimum Gasteiger partial charge on any atom is -0.467 e. The third-order valence-electron chi connectivity index (χ3n) is 3.98. The first-order valence-electron chi connectivity index (χ1n) is 6.09. The number of fused-ring (bicyclic) bond motifs is 1. The van der Waals surface area contributed by atoms with E-state index in [1.54, 1.807) is 4.90 Å². The van der Waals surface area contributed by atoms with Gasteiger partial charge in [0.05, 0.1) is 13.2 Å². The van der Waals surface area contributed by atoms with Crippen molar-refractivity contribution >= 4 is 11.9 Å². The van der Waals surface area contributed by atoms with Gasteiger partial charge in [0.2, 0.25) is 5.91 Å². The fourth-order valence-electron chi connectivity index (χ4n) is 3.23. The number of aliphatic hydroxyl groups is 1. The van der Waals surface area contributed by atoms with E-state index < -0.39 is 6.04 Å². The van der Waals surface area contributed by atoms with Crippen LogP contribution in [0.15, 0.2) is 0 Å². The fraction of sp³-hybridized carbons (Fsp3) is 0.833. The Kier molecular flexibility index (Phi) is 3.38. The molecular formula is C12H19NO4. The Balaban J connectivity index is 2.20. The molecule has 2 rings (SSSR count). The molecule has 1 saturated heterocycles. The van der Waals surface area contributed by atoms with Crippen molar-refractivity contribution in [1.82, 2.24) is 4.90 Å². The van der Waals surface area contributed by atoms with Gasteiger partial charge in [-0.25, -0.2) is 4.79 Å². The van der Waals surface area contributed by atoms with Crippen LogP contribution in [0.5, 0.6) is 0 Å². The average molecular weight is 241 g/mol. The highest BCUT2D eigenvalue weighted by atomic mass is 16.5. The van der Waals surface area contributed by atoms with Gasteiger partial charge in [-0.3, -0.25) is 4.79 Å². The zero-order valence-corrected chi connectivity index (χ0v) is 10.3. The Morgan fingerprint density at radius 2 is 2.00 bits per heavy atom. The molecule has 1 N–H and O–H groups in total. The number of carbonyl (C=O) groups excluding carboxylic acids is 2. The van der Waals surface area contributed by atoms with Crippen LogP contribution in [0.3, 0.4) is 0 Å². The van der Waals surface area contributed by atoms with E-state index in [-0.39, 0.29) is 24.0 Å². The van der Waals surface area contributed by atoms with Gasteiger partial charge in [-0.1, -0.05) is 0 Å². The highest BCUT2D eigenvalue weighted by Gasteiger charge is 2.48. The minimum atomic E-state index is -0.460. The Bertz CT molecular complexity index is 330. The number of methoxy groups -OCH3 is 1. The zero-order valence-electron chi connectivity index (χ0n) is 10.3. The highest BCUT2D eigenvalue weighted by molar-refractivity contribution is 5.84. The SMILES string of the molecule is COC(=O)[C@@H]1C[C@@H]2CC[C@@H](O)C[C@@H]2N1C(C)=O. The topological polar surface area (TPSA) is 66.8 Å². The lowest BCUT2D eigenvalue weighted by atomic mass is 9.83. The van der Waals surface area contributed by atoms with Gasteiger partial charge >= 0.3 is 5.97 Å². The second kappa shape index (κ2) is 4.64. The quantitative estimate of drug-likeness (QED) is 0.671. The second-order valence-corrected chi connectivity index (χ2v) is 5.00. The van der Waals surface area contributed by atoms with Gasteiger partial charge in [-0.05, 0) is 31.6 Å². The number of ether oxygens (including phenoxy) is 1. The molecule has 0 spiro atoms. The van der Waals surface area contributed by atoms with E-state index in [2.05, 4.69) is 0 Å². The third-order valence-corrected chi connectivity index (χ3v) is 3.98. The number of esters is 1. The first-order chi connectivity index (χ1) is 8.04. The van der Waals surface area contributed by atoms with Gasteiger partial charge in [0.25, 0.3) is 0 Å². The number of hydrogen-bond acceptors (Lipinski definition) is 4. The zero-order chi connectivity index (χ0) is 12.6. The first-order valence-corrected chi connectivity index (χ1v) is 6.09. The summed E-state index contributed by atoms with van der Waals surface area (Å²) in [6.07, 6.45) is 2.54. The van der Waals surface area contributed by atoms with Crippen LogP contribution in [0.4, 0.5) is 0 Å².